The molecule has 0 aromatic heterocycles. The van der Waals surface area contributed by atoms with Gasteiger partial charge in [0, 0.05) is 0 Å². The molecule has 4 heteroatoms. The van der Waals surface area contributed by atoms with Crippen LogP contribution in [0.2, 0.25) is 9.88 Å². The normalized spacial score (nSPS) is 7.44. The monoisotopic (exact) mass is 468 g/mol. The number of hydrogen-bond donors (Lipinski definition) is 0. The maximum absolute atomic E-state index is 2.40. The summed E-state index contributed by atoms with van der Waals surface area (Å²) >= 11 is 1.38. The fourth-order valence-corrected chi connectivity index (χ4v) is 0.940. The molecule has 0 unspecified atom stereocenters. The van der Waals surface area contributed by atoms with E-state index in [1.54, 1.807) is 0 Å². The van der Waals surface area contributed by atoms with Crippen molar-refractivity contribution in [2.75, 3.05) is 0 Å². The van der Waals surface area contributed by atoms with Gasteiger partial charge in [0.05, 0.1) is 0 Å². The van der Waals surface area contributed by atoms with E-state index in [1.165, 1.54) is 11.1 Å². The minimum atomic E-state index is -0.453. The van der Waals surface area contributed by atoms with Gasteiger partial charge in [0.1, 0.15) is 0 Å². The Morgan fingerprint density at radius 1 is 0.889 bits per heavy atom. The van der Waals surface area contributed by atoms with E-state index >= 15 is 0 Å². The topological polar surface area (TPSA) is 0 Å². The van der Waals surface area contributed by atoms with E-state index in [4.69, 9.17) is 0 Å². The van der Waals surface area contributed by atoms with E-state index in [0.717, 1.165) is 0 Å². The summed E-state index contributed by atoms with van der Waals surface area (Å²) in [5, 5.41) is 0. The second-order valence-electron chi connectivity index (χ2n) is 3.92. The molecule has 0 aliphatic carbocycles. The smallest absolute Gasteiger partial charge is 1.00 e. The molecule has 0 saturated carbocycles. The predicted octanol–water partition coefficient (Wildman–Crippen LogP) is -1.78. The first kappa shape index (κ1) is 24.0. The Morgan fingerprint density at radius 2 is 1.17 bits per heavy atom. The van der Waals surface area contributed by atoms with Gasteiger partial charge in [-0.2, -0.15) is 35.4 Å². The molecule has 0 fully saturated rings. The number of rotatable bonds is 0. The average Bonchev–Trinajstić information content (AvgIpc) is 2.78. The van der Waals surface area contributed by atoms with Crippen molar-refractivity contribution >= 4 is 14.6 Å². The molecule has 2 rings (SSSR count). The maximum atomic E-state index is 2.40. The van der Waals surface area contributed by atoms with Gasteiger partial charge in [-0.1, -0.05) is 13.8 Å². The average molecular weight is 469 g/mol. The zero-order chi connectivity index (χ0) is 12.4. The number of aryl methyl sites for hydroxylation is 2. The van der Waals surface area contributed by atoms with Crippen molar-refractivity contribution < 1.29 is 44.7 Å². The van der Waals surface area contributed by atoms with Gasteiger partial charge in [-0.05, 0) is 0 Å². The van der Waals surface area contributed by atoms with Crippen molar-refractivity contribution in [3.05, 3.63) is 59.7 Å². The zero-order valence-electron chi connectivity index (χ0n) is 11.4. The molecule has 0 nitrogen and oxygen atoms in total. The summed E-state index contributed by atoms with van der Waals surface area (Å²) in [7, 11) is 0. The van der Waals surface area contributed by atoms with Gasteiger partial charge in [-0.25, -0.2) is 24.3 Å². The van der Waals surface area contributed by atoms with Gasteiger partial charge >= 0.3 is 44.3 Å². The van der Waals surface area contributed by atoms with Crippen LogP contribution in [0.5, 0.6) is 0 Å². The van der Waals surface area contributed by atoms with Crippen molar-refractivity contribution in [1.82, 2.24) is 0 Å². The third kappa shape index (κ3) is 19.3. The summed E-state index contributed by atoms with van der Waals surface area (Å²) in [5.74, 6) is 0. The Balaban J connectivity index is -0.000000182. The molecular weight excluding hydrogens is 449 g/mol. The third-order valence-electron chi connectivity index (χ3n) is 1.66. The van der Waals surface area contributed by atoms with Crippen LogP contribution in [0.25, 0.3) is 0 Å². The standard InChI is InChI=1S/2C6H7.2CH3.2ClH.Sn.Zr/c2*1-6-4-2-3-5-6;;;;;;/h2*2-5H,1H3;2*1H3;2*1H;;/q2*-1;;;;;;+2/p-2. The Morgan fingerprint density at radius 3 is 1.22 bits per heavy atom. The molecule has 2 aromatic rings. The van der Waals surface area contributed by atoms with Gasteiger partial charge < -0.3 is 24.8 Å². The van der Waals surface area contributed by atoms with Crippen molar-refractivity contribution in [3.8, 4) is 0 Å². The first-order valence-electron chi connectivity index (χ1n) is 5.40. The van der Waals surface area contributed by atoms with Crippen LogP contribution in [0.15, 0.2) is 48.5 Å². The van der Waals surface area contributed by atoms with Crippen LogP contribution >= 0.6 is 0 Å². The summed E-state index contributed by atoms with van der Waals surface area (Å²) in [6.45, 7) is 4.17. The van der Waals surface area contributed by atoms with Crippen LogP contribution in [0.1, 0.15) is 11.1 Å². The molecule has 100 valence electrons. The van der Waals surface area contributed by atoms with Gasteiger partial charge in [-0.15, -0.1) is 0 Å². The molecule has 2 aromatic carbocycles. The first-order valence-corrected chi connectivity index (χ1v) is 20.8. The first-order chi connectivity index (χ1) is 7.52. The fraction of sp³-hybridized carbons (Fsp3) is 0.286. The van der Waals surface area contributed by atoms with Crippen molar-refractivity contribution in [1.29, 1.82) is 0 Å². The molecule has 18 heavy (non-hydrogen) atoms. The van der Waals surface area contributed by atoms with E-state index in [9.17, 15) is 0 Å². The van der Waals surface area contributed by atoms with Crippen molar-refractivity contribution in [2.24, 2.45) is 0 Å². The van der Waals surface area contributed by atoms with Crippen molar-refractivity contribution in [2.45, 2.75) is 23.7 Å². The number of hydrogen-bond acceptors (Lipinski definition) is 0. The van der Waals surface area contributed by atoms with Gasteiger partial charge in [-0.3, -0.25) is 0 Å². The van der Waals surface area contributed by atoms with E-state index in [2.05, 4.69) is 48.0 Å². The SMILES string of the molecule is Cc1ccc[cH-]1.Cc1ccc[cH-]1.[CH3][Sn]([CH3])=[Zr+2].[Cl-].[Cl-]. The van der Waals surface area contributed by atoms with Crippen LogP contribution in [-0.4, -0.2) is 14.6 Å². The minimum Gasteiger partial charge on any atom is -1.00 e. The van der Waals surface area contributed by atoms with Gasteiger partial charge in [0.15, 0.2) is 0 Å². The van der Waals surface area contributed by atoms with Crippen LogP contribution in [0.3, 0.4) is 0 Å². The van der Waals surface area contributed by atoms with E-state index in [0.29, 0.717) is 0 Å². The maximum Gasteiger partial charge on any atom is -1.00 e. The van der Waals surface area contributed by atoms with E-state index in [1.807, 2.05) is 44.2 Å². The molecule has 0 heterocycles. The fourth-order valence-electron chi connectivity index (χ4n) is 0.940. The van der Waals surface area contributed by atoms with Crippen LogP contribution < -0.4 is 24.8 Å². The summed E-state index contributed by atoms with van der Waals surface area (Å²) < 4.78 is 0. The molecule has 0 radical (unpaired) electrons. The number of halogens is 2. The molecule has 0 N–H and O–H groups in total. The molecule has 0 bridgehead atoms. The molecular formula is C14H20Cl2SnZr-2. The summed E-state index contributed by atoms with van der Waals surface area (Å²) in [5.41, 5.74) is 2.69. The van der Waals surface area contributed by atoms with Crippen LogP contribution in [0.4, 0.5) is 0 Å². The molecule has 0 spiro atoms. The predicted molar refractivity (Wildman–Crippen MR) is 71.0 cm³/mol. The quantitative estimate of drug-likeness (QED) is 0.317. The molecule has 0 amide bonds. The largest absolute Gasteiger partial charge is 1.00 e. The van der Waals surface area contributed by atoms with Gasteiger partial charge in [0.25, 0.3) is 0 Å². The Labute approximate surface area is 141 Å². The van der Waals surface area contributed by atoms with Gasteiger partial charge in [0.2, 0.25) is 0 Å². The second-order valence-corrected chi connectivity index (χ2v) is 26.1. The Kier molecular flexibility index (Phi) is 21.4. The molecule has 0 atom stereocenters. The Bertz CT molecular complexity index is 330. The second kappa shape index (κ2) is 16.0. The molecule has 0 saturated heterocycles. The summed E-state index contributed by atoms with van der Waals surface area (Å²) in [6, 6.07) is 16.5. The third-order valence-corrected chi connectivity index (χ3v) is 1.66. The molecule has 0 aliphatic rings. The van der Waals surface area contributed by atoms with E-state index in [-0.39, 0.29) is 24.8 Å². The van der Waals surface area contributed by atoms with E-state index < -0.39 is 14.6 Å². The van der Waals surface area contributed by atoms with Crippen molar-refractivity contribution in [3.63, 3.8) is 0 Å². The Hall–Kier alpha value is 0.962. The summed E-state index contributed by atoms with van der Waals surface area (Å²) in [4.78, 5) is 4.81. The molecule has 0 aliphatic heterocycles. The van der Waals surface area contributed by atoms with Crippen LogP contribution in [-0.2, 0) is 19.9 Å². The summed E-state index contributed by atoms with van der Waals surface area (Å²) in [6.07, 6.45) is 0. The zero-order valence-corrected chi connectivity index (χ0v) is 18.2. The van der Waals surface area contributed by atoms with Crippen LogP contribution in [0, 0.1) is 13.8 Å². The minimum absolute atomic E-state index is 0.